The molecule has 0 amide bonds. The average Bonchev–Trinajstić information content (AvgIpc) is 2.59. The van der Waals surface area contributed by atoms with Crippen LogP contribution in [0.15, 0.2) is 0 Å². The highest BCUT2D eigenvalue weighted by molar-refractivity contribution is 5.11. The summed E-state index contributed by atoms with van der Waals surface area (Å²) in [5.74, 6) is 0. The highest BCUT2D eigenvalue weighted by Crippen LogP contribution is 2.42. The SMILES string of the molecule is CC1(C)CCC(C#N)(N2CCCNCC2)CC1. The lowest BCUT2D eigenvalue weighted by atomic mass is 9.69. The first kappa shape index (κ1) is 12.9. The second kappa shape index (κ2) is 4.96. The Kier molecular flexibility index (Phi) is 3.75. The minimum absolute atomic E-state index is 0.165. The molecule has 2 aliphatic rings. The van der Waals surface area contributed by atoms with Crippen molar-refractivity contribution >= 4 is 0 Å². The predicted octanol–water partition coefficient (Wildman–Crippen LogP) is 2.14. The van der Waals surface area contributed by atoms with E-state index in [1.165, 1.54) is 19.3 Å². The lowest BCUT2D eigenvalue weighted by Gasteiger charge is -2.45. The highest BCUT2D eigenvalue weighted by Gasteiger charge is 2.42. The number of nitrogens with zero attached hydrogens (tertiary/aromatic N) is 2. The van der Waals surface area contributed by atoms with E-state index in [-0.39, 0.29) is 5.54 Å². The van der Waals surface area contributed by atoms with E-state index in [2.05, 4.69) is 30.1 Å². The maximum Gasteiger partial charge on any atom is 0.109 e. The smallest absolute Gasteiger partial charge is 0.109 e. The Morgan fingerprint density at radius 1 is 1.06 bits per heavy atom. The van der Waals surface area contributed by atoms with Crippen molar-refractivity contribution in [3.63, 3.8) is 0 Å². The summed E-state index contributed by atoms with van der Waals surface area (Å²) < 4.78 is 0. The standard InChI is InChI=1S/C14H25N3/c1-13(2)4-6-14(12-15,7-5-13)17-10-3-8-16-9-11-17/h16H,3-11H2,1-2H3. The van der Waals surface area contributed by atoms with Crippen molar-refractivity contribution in [3.05, 3.63) is 0 Å². The van der Waals surface area contributed by atoms with E-state index in [9.17, 15) is 5.26 Å². The maximum absolute atomic E-state index is 9.64. The molecule has 0 radical (unpaired) electrons. The molecule has 1 heterocycles. The van der Waals surface area contributed by atoms with Crippen molar-refractivity contribution in [2.24, 2.45) is 5.41 Å². The normalized spacial score (nSPS) is 29.2. The van der Waals surface area contributed by atoms with Crippen LogP contribution >= 0.6 is 0 Å². The van der Waals surface area contributed by atoms with Gasteiger partial charge < -0.3 is 5.32 Å². The number of hydrogen-bond donors (Lipinski definition) is 1. The van der Waals surface area contributed by atoms with Gasteiger partial charge in [0.15, 0.2) is 0 Å². The quantitative estimate of drug-likeness (QED) is 0.757. The van der Waals surface area contributed by atoms with Gasteiger partial charge in [0.1, 0.15) is 5.54 Å². The summed E-state index contributed by atoms with van der Waals surface area (Å²) >= 11 is 0. The fourth-order valence-electron chi connectivity index (χ4n) is 3.11. The Morgan fingerprint density at radius 3 is 2.41 bits per heavy atom. The van der Waals surface area contributed by atoms with Crippen molar-refractivity contribution in [3.8, 4) is 6.07 Å². The van der Waals surface area contributed by atoms with E-state index in [0.29, 0.717) is 5.41 Å². The van der Waals surface area contributed by atoms with Crippen molar-refractivity contribution in [1.29, 1.82) is 5.26 Å². The number of nitrogens with one attached hydrogen (secondary N) is 1. The van der Waals surface area contributed by atoms with Crippen LogP contribution in [0.3, 0.4) is 0 Å². The fraction of sp³-hybridized carbons (Fsp3) is 0.929. The highest BCUT2D eigenvalue weighted by atomic mass is 15.2. The lowest BCUT2D eigenvalue weighted by molar-refractivity contribution is 0.0625. The van der Waals surface area contributed by atoms with E-state index in [1.807, 2.05) is 0 Å². The molecule has 0 aromatic rings. The van der Waals surface area contributed by atoms with Gasteiger partial charge in [-0.25, -0.2) is 0 Å². The van der Waals surface area contributed by atoms with E-state index < -0.39 is 0 Å². The molecule has 0 aromatic carbocycles. The Hall–Kier alpha value is -0.590. The van der Waals surface area contributed by atoms with Crippen molar-refractivity contribution < 1.29 is 0 Å². The largest absolute Gasteiger partial charge is 0.315 e. The molecule has 96 valence electrons. The molecule has 1 saturated heterocycles. The Labute approximate surface area is 105 Å². The molecule has 0 unspecified atom stereocenters. The Bertz CT molecular complexity index is 285. The second-order valence-electron chi connectivity index (χ2n) is 6.40. The molecule has 1 N–H and O–H groups in total. The van der Waals surface area contributed by atoms with E-state index in [4.69, 9.17) is 0 Å². The van der Waals surface area contributed by atoms with Gasteiger partial charge in [0, 0.05) is 19.6 Å². The monoisotopic (exact) mass is 235 g/mol. The van der Waals surface area contributed by atoms with Gasteiger partial charge in [0.2, 0.25) is 0 Å². The zero-order chi connectivity index (χ0) is 12.4. The van der Waals surface area contributed by atoms with E-state index in [1.54, 1.807) is 0 Å². The second-order valence-corrected chi connectivity index (χ2v) is 6.40. The van der Waals surface area contributed by atoms with Crippen molar-refractivity contribution in [2.75, 3.05) is 26.2 Å². The molecule has 3 heteroatoms. The number of nitriles is 1. The summed E-state index contributed by atoms with van der Waals surface area (Å²) in [4.78, 5) is 2.45. The van der Waals surface area contributed by atoms with Gasteiger partial charge in [-0.2, -0.15) is 5.26 Å². The summed E-state index contributed by atoms with van der Waals surface area (Å²) in [6.07, 6.45) is 5.65. The topological polar surface area (TPSA) is 39.1 Å². The van der Waals surface area contributed by atoms with Gasteiger partial charge in [-0.05, 0) is 44.1 Å². The average molecular weight is 235 g/mol. The van der Waals surface area contributed by atoms with Crippen LogP contribution in [0.5, 0.6) is 0 Å². The van der Waals surface area contributed by atoms with Crippen molar-refractivity contribution in [2.45, 2.75) is 51.5 Å². The van der Waals surface area contributed by atoms with E-state index >= 15 is 0 Å². The molecule has 3 nitrogen and oxygen atoms in total. The van der Waals surface area contributed by atoms with Gasteiger partial charge in [-0.15, -0.1) is 0 Å². The Morgan fingerprint density at radius 2 is 1.76 bits per heavy atom. The number of rotatable bonds is 1. The zero-order valence-corrected chi connectivity index (χ0v) is 11.3. The molecular formula is C14H25N3. The van der Waals surface area contributed by atoms with Crippen LogP contribution in [-0.2, 0) is 0 Å². The summed E-state index contributed by atoms with van der Waals surface area (Å²) in [6.45, 7) is 8.92. The third-order valence-electron chi connectivity index (χ3n) is 4.58. The first-order valence-corrected chi connectivity index (χ1v) is 6.95. The van der Waals surface area contributed by atoms with Gasteiger partial charge in [0.05, 0.1) is 6.07 Å². The maximum atomic E-state index is 9.64. The summed E-state index contributed by atoms with van der Waals surface area (Å²) in [7, 11) is 0. The van der Waals surface area contributed by atoms with Crippen LogP contribution in [-0.4, -0.2) is 36.6 Å². The third-order valence-corrected chi connectivity index (χ3v) is 4.58. The van der Waals surface area contributed by atoms with Crippen LogP contribution in [0.4, 0.5) is 0 Å². The minimum Gasteiger partial charge on any atom is -0.315 e. The molecule has 1 aliphatic heterocycles. The molecule has 0 aromatic heterocycles. The Balaban J connectivity index is 2.07. The third kappa shape index (κ3) is 2.81. The fourth-order valence-corrected chi connectivity index (χ4v) is 3.11. The van der Waals surface area contributed by atoms with Crippen LogP contribution in [0, 0.1) is 16.7 Å². The molecule has 17 heavy (non-hydrogen) atoms. The molecule has 0 bridgehead atoms. The van der Waals surface area contributed by atoms with Gasteiger partial charge in [-0.1, -0.05) is 13.8 Å². The van der Waals surface area contributed by atoms with E-state index in [0.717, 1.165) is 39.0 Å². The number of hydrogen-bond acceptors (Lipinski definition) is 3. The molecular weight excluding hydrogens is 210 g/mol. The van der Waals surface area contributed by atoms with Crippen LogP contribution in [0.1, 0.15) is 46.0 Å². The first-order chi connectivity index (χ1) is 8.08. The molecule has 1 aliphatic carbocycles. The molecule has 1 saturated carbocycles. The van der Waals surface area contributed by atoms with Gasteiger partial charge >= 0.3 is 0 Å². The van der Waals surface area contributed by atoms with Gasteiger partial charge in [-0.3, -0.25) is 4.90 Å². The first-order valence-electron chi connectivity index (χ1n) is 6.95. The summed E-state index contributed by atoms with van der Waals surface area (Å²) in [5.41, 5.74) is 0.270. The predicted molar refractivity (Wildman–Crippen MR) is 69.7 cm³/mol. The van der Waals surface area contributed by atoms with Crippen LogP contribution in [0.25, 0.3) is 0 Å². The summed E-state index contributed by atoms with van der Waals surface area (Å²) in [5, 5.41) is 13.1. The zero-order valence-electron chi connectivity index (χ0n) is 11.3. The molecule has 0 spiro atoms. The van der Waals surface area contributed by atoms with Crippen molar-refractivity contribution in [1.82, 2.24) is 10.2 Å². The molecule has 2 rings (SSSR count). The van der Waals surface area contributed by atoms with Gasteiger partial charge in [0.25, 0.3) is 0 Å². The van der Waals surface area contributed by atoms with Crippen LogP contribution in [0.2, 0.25) is 0 Å². The molecule has 2 fully saturated rings. The molecule has 0 atom stereocenters. The minimum atomic E-state index is -0.165. The van der Waals surface area contributed by atoms with Crippen LogP contribution < -0.4 is 5.32 Å². The summed E-state index contributed by atoms with van der Waals surface area (Å²) in [6, 6.07) is 2.65. The lowest BCUT2D eigenvalue weighted by Crippen LogP contribution is -2.52.